The summed E-state index contributed by atoms with van der Waals surface area (Å²) in [5.74, 6) is -0.268. The van der Waals surface area contributed by atoms with Crippen LogP contribution in [0.1, 0.15) is 11.1 Å². The summed E-state index contributed by atoms with van der Waals surface area (Å²) < 4.78 is 13.6. The summed E-state index contributed by atoms with van der Waals surface area (Å²) in [7, 11) is 0. The van der Waals surface area contributed by atoms with Gasteiger partial charge in [-0.2, -0.15) is 0 Å². The zero-order chi connectivity index (χ0) is 13.8. The van der Waals surface area contributed by atoms with Crippen molar-refractivity contribution in [2.24, 2.45) is 5.73 Å². The largest absolute Gasteiger partial charge is 0.327 e. The van der Waals surface area contributed by atoms with Crippen LogP contribution in [0.5, 0.6) is 0 Å². The van der Waals surface area contributed by atoms with Crippen molar-refractivity contribution in [2.45, 2.75) is 18.9 Å². The lowest BCUT2D eigenvalue weighted by atomic mass is 9.99. The first-order valence-electron chi connectivity index (χ1n) is 5.98. The third kappa shape index (κ3) is 4.20. The summed E-state index contributed by atoms with van der Waals surface area (Å²) in [6.45, 7) is 0. The van der Waals surface area contributed by atoms with Crippen LogP contribution in [-0.4, -0.2) is 6.04 Å². The third-order valence-electron chi connectivity index (χ3n) is 2.90. The summed E-state index contributed by atoms with van der Waals surface area (Å²) in [6, 6.07) is 11.9. The highest BCUT2D eigenvalue weighted by atomic mass is 35.5. The van der Waals surface area contributed by atoms with Crippen LogP contribution in [0.15, 0.2) is 42.5 Å². The Morgan fingerprint density at radius 3 is 2.26 bits per heavy atom. The van der Waals surface area contributed by atoms with Gasteiger partial charge in [-0.25, -0.2) is 4.39 Å². The summed E-state index contributed by atoms with van der Waals surface area (Å²) in [5, 5.41) is 1.22. The Balaban J connectivity index is 2.02. The maximum atomic E-state index is 13.6. The predicted molar refractivity (Wildman–Crippen MR) is 78.2 cm³/mol. The molecule has 0 saturated heterocycles. The van der Waals surface area contributed by atoms with Gasteiger partial charge in [0.15, 0.2) is 0 Å². The molecule has 1 unspecified atom stereocenters. The minimum absolute atomic E-state index is 0.158. The second-order valence-electron chi connectivity index (χ2n) is 4.53. The molecule has 0 aliphatic rings. The van der Waals surface area contributed by atoms with E-state index >= 15 is 0 Å². The van der Waals surface area contributed by atoms with Gasteiger partial charge in [0.05, 0.1) is 0 Å². The van der Waals surface area contributed by atoms with Gasteiger partial charge in [-0.1, -0.05) is 35.3 Å². The molecular formula is C15H14Cl2FN. The maximum Gasteiger partial charge on any atom is 0.126 e. The minimum Gasteiger partial charge on any atom is -0.327 e. The number of hydrogen-bond acceptors (Lipinski definition) is 1. The monoisotopic (exact) mass is 297 g/mol. The first-order chi connectivity index (χ1) is 9.04. The van der Waals surface area contributed by atoms with Crippen LogP contribution in [0.4, 0.5) is 4.39 Å². The van der Waals surface area contributed by atoms with Crippen LogP contribution >= 0.6 is 23.2 Å². The zero-order valence-electron chi connectivity index (χ0n) is 10.2. The van der Waals surface area contributed by atoms with E-state index < -0.39 is 0 Å². The van der Waals surface area contributed by atoms with E-state index in [2.05, 4.69) is 0 Å². The lowest BCUT2D eigenvalue weighted by Crippen LogP contribution is -2.26. The van der Waals surface area contributed by atoms with Crippen LogP contribution in [0.25, 0.3) is 0 Å². The minimum atomic E-state index is -0.268. The van der Waals surface area contributed by atoms with E-state index in [1.165, 1.54) is 12.1 Å². The number of nitrogens with two attached hydrogens (primary N) is 1. The summed E-state index contributed by atoms with van der Waals surface area (Å²) in [4.78, 5) is 0. The highest BCUT2D eigenvalue weighted by Crippen LogP contribution is 2.17. The van der Waals surface area contributed by atoms with Gasteiger partial charge in [0.1, 0.15) is 5.82 Å². The van der Waals surface area contributed by atoms with Gasteiger partial charge in [0.2, 0.25) is 0 Å². The summed E-state index contributed by atoms with van der Waals surface area (Å²) >= 11 is 11.7. The molecule has 19 heavy (non-hydrogen) atoms. The molecule has 4 heteroatoms. The van der Waals surface area contributed by atoms with Crippen molar-refractivity contribution in [2.75, 3.05) is 0 Å². The zero-order valence-corrected chi connectivity index (χ0v) is 11.8. The maximum absolute atomic E-state index is 13.6. The molecule has 0 saturated carbocycles. The highest BCUT2D eigenvalue weighted by molar-refractivity contribution is 6.30. The molecule has 2 rings (SSSR count). The molecule has 1 atom stereocenters. The Labute approximate surface area is 122 Å². The number of halogens is 3. The van der Waals surface area contributed by atoms with E-state index in [4.69, 9.17) is 28.9 Å². The molecule has 2 aromatic carbocycles. The fourth-order valence-corrected chi connectivity index (χ4v) is 2.30. The SMILES string of the molecule is NC(Cc1ccc(Cl)cc1)Cc1cc(Cl)ccc1F. The molecule has 0 aliphatic heterocycles. The van der Waals surface area contributed by atoms with Crippen LogP contribution in [0, 0.1) is 5.82 Å². The molecule has 0 aromatic heterocycles. The topological polar surface area (TPSA) is 26.0 Å². The van der Waals surface area contributed by atoms with Crippen molar-refractivity contribution in [3.63, 3.8) is 0 Å². The lowest BCUT2D eigenvalue weighted by Gasteiger charge is -2.12. The molecule has 100 valence electrons. The standard InChI is InChI=1S/C15H14Cl2FN/c16-12-3-1-10(2-4-12)7-14(19)9-11-8-13(17)5-6-15(11)18/h1-6,8,14H,7,9,19H2. The normalized spacial score (nSPS) is 12.4. The van der Waals surface area contributed by atoms with Gasteiger partial charge in [0.25, 0.3) is 0 Å². The smallest absolute Gasteiger partial charge is 0.126 e. The fraction of sp³-hybridized carbons (Fsp3) is 0.200. The molecule has 0 amide bonds. The quantitative estimate of drug-likeness (QED) is 0.897. The van der Waals surface area contributed by atoms with Crippen molar-refractivity contribution < 1.29 is 4.39 Å². The second kappa shape index (κ2) is 6.38. The summed E-state index contributed by atoms with van der Waals surface area (Å²) in [6.07, 6.45) is 1.12. The van der Waals surface area contributed by atoms with Crippen molar-refractivity contribution >= 4 is 23.2 Å². The Hall–Kier alpha value is -1.09. The van der Waals surface area contributed by atoms with Gasteiger partial charge in [-0.15, -0.1) is 0 Å². The van der Waals surface area contributed by atoms with Gasteiger partial charge < -0.3 is 5.73 Å². The van der Waals surface area contributed by atoms with E-state index in [0.29, 0.717) is 28.5 Å². The van der Waals surface area contributed by atoms with Crippen LogP contribution in [-0.2, 0) is 12.8 Å². The molecule has 1 nitrogen and oxygen atoms in total. The van der Waals surface area contributed by atoms with Crippen LogP contribution in [0.2, 0.25) is 10.0 Å². The Morgan fingerprint density at radius 2 is 1.58 bits per heavy atom. The van der Waals surface area contributed by atoms with Crippen molar-refractivity contribution in [3.8, 4) is 0 Å². The molecule has 0 aliphatic carbocycles. The average Bonchev–Trinajstić information content (AvgIpc) is 2.37. The van der Waals surface area contributed by atoms with Crippen molar-refractivity contribution in [3.05, 3.63) is 69.5 Å². The van der Waals surface area contributed by atoms with Crippen LogP contribution in [0.3, 0.4) is 0 Å². The molecule has 0 radical (unpaired) electrons. The van der Waals surface area contributed by atoms with Gasteiger partial charge in [-0.3, -0.25) is 0 Å². The molecule has 0 heterocycles. The van der Waals surface area contributed by atoms with E-state index in [1.54, 1.807) is 6.07 Å². The summed E-state index contributed by atoms with van der Waals surface area (Å²) in [5.41, 5.74) is 7.68. The van der Waals surface area contributed by atoms with Crippen LogP contribution < -0.4 is 5.73 Å². The first kappa shape index (κ1) is 14.3. The highest BCUT2D eigenvalue weighted by Gasteiger charge is 2.10. The Kier molecular flexibility index (Phi) is 4.81. The second-order valence-corrected chi connectivity index (χ2v) is 5.40. The molecule has 0 fully saturated rings. The molecule has 0 bridgehead atoms. The molecular weight excluding hydrogens is 284 g/mol. The molecule has 0 spiro atoms. The first-order valence-corrected chi connectivity index (χ1v) is 6.74. The fourth-order valence-electron chi connectivity index (χ4n) is 1.98. The van der Waals surface area contributed by atoms with Crippen molar-refractivity contribution in [1.82, 2.24) is 0 Å². The van der Waals surface area contributed by atoms with Gasteiger partial charge in [-0.05, 0) is 54.3 Å². The molecule has 2 aromatic rings. The number of hydrogen-bond donors (Lipinski definition) is 1. The number of benzene rings is 2. The van der Waals surface area contributed by atoms with E-state index in [9.17, 15) is 4.39 Å². The molecule has 2 N–H and O–H groups in total. The van der Waals surface area contributed by atoms with Gasteiger partial charge >= 0.3 is 0 Å². The predicted octanol–water partition coefficient (Wildman–Crippen LogP) is 4.25. The Bertz CT molecular complexity index is 555. The number of rotatable bonds is 4. The van der Waals surface area contributed by atoms with E-state index in [-0.39, 0.29) is 11.9 Å². The third-order valence-corrected chi connectivity index (χ3v) is 3.39. The van der Waals surface area contributed by atoms with Gasteiger partial charge in [0, 0.05) is 16.1 Å². The van der Waals surface area contributed by atoms with E-state index in [0.717, 1.165) is 5.56 Å². The van der Waals surface area contributed by atoms with Crippen molar-refractivity contribution in [1.29, 1.82) is 0 Å². The lowest BCUT2D eigenvalue weighted by molar-refractivity contribution is 0.584. The Morgan fingerprint density at radius 1 is 0.947 bits per heavy atom. The van der Waals surface area contributed by atoms with E-state index in [1.807, 2.05) is 24.3 Å². The average molecular weight is 298 g/mol.